The molecule has 1 unspecified atom stereocenters. The number of unbranched alkanes of at least 4 members (excludes halogenated alkanes) is 1. The first kappa shape index (κ1) is 13.2. The Labute approximate surface area is 99.0 Å². The summed E-state index contributed by atoms with van der Waals surface area (Å²) in [6.45, 7) is 7.42. The Morgan fingerprint density at radius 2 is 2.12 bits per heavy atom. The Morgan fingerprint density at radius 1 is 1.38 bits per heavy atom. The average Bonchev–Trinajstić information content (AvgIpc) is 2.68. The van der Waals surface area contributed by atoms with Crippen LogP contribution >= 0.6 is 0 Å². The van der Waals surface area contributed by atoms with Crippen LogP contribution in [0.3, 0.4) is 0 Å². The van der Waals surface area contributed by atoms with Gasteiger partial charge < -0.3 is 5.73 Å². The van der Waals surface area contributed by atoms with Crippen molar-refractivity contribution in [2.75, 3.05) is 0 Å². The lowest BCUT2D eigenvalue weighted by Gasteiger charge is -2.11. The van der Waals surface area contributed by atoms with Crippen LogP contribution in [0.2, 0.25) is 0 Å². The van der Waals surface area contributed by atoms with Gasteiger partial charge in [-0.15, -0.1) is 0 Å². The Hall–Kier alpha value is -0.830. The Bertz CT molecular complexity index is 304. The maximum atomic E-state index is 6.12. The molecule has 1 aromatic heterocycles. The number of hydrogen-bond acceptors (Lipinski definition) is 2. The van der Waals surface area contributed by atoms with Crippen molar-refractivity contribution >= 4 is 0 Å². The van der Waals surface area contributed by atoms with Gasteiger partial charge in [-0.25, -0.2) is 0 Å². The van der Waals surface area contributed by atoms with Gasteiger partial charge in [-0.3, -0.25) is 4.68 Å². The van der Waals surface area contributed by atoms with E-state index in [2.05, 4.69) is 36.6 Å². The molecular formula is C13H25N3. The molecule has 0 saturated heterocycles. The number of aromatic nitrogens is 2. The summed E-state index contributed by atoms with van der Waals surface area (Å²) in [5, 5.41) is 4.54. The zero-order valence-electron chi connectivity index (χ0n) is 10.9. The first-order valence-electron chi connectivity index (χ1n) is 6.52. The maximum absolute atomic E-state index is 6.12. The summed E-state index contributed by atoms with van der Waals surface area (Å²) in [6.07, 6.45) is 5.53. The molecule has 0 aromatic carbocycles. The lowest BCUT2D eigenvalue weighted by Crippen LogP contribution is -2.24. The second-order valence-corrected chi connectivity index (χ2v) is 4.40. The van der Waals surface area contributed by atoms with Gasteiger partial charge in [-0.2, -0.15) is 5.10 Å². The quantitative estimate of drug-likeness (QED) is 0.772. The zero-order valence-corrected chi connectivity index (χ0v) is 10.9. The minimum Gasteiger partial charge on any atom is -0.327 e. The summed E-state index contributed by atoms with van der Waals surface area (Å²) in [6, 6.07) is 2.49. The molecular weight excluding hydrogens is 198 g/mol. The van der Waals surface area contributed by atoms with Crippen molar-refractivity contribution in [2.24, 2.45) is 5.73 Å². The van der Waals surface area contributed by atoms with Crippen molar-refractivity contribution < 1.29 is 0 Å². The molecule has 0 amide bonds. The predicted molar refractivity (Wildman–Crippen MR) is 68.5 cm³/mol. The summed E-state index contributed by atoms with van der Waals surface area (Å²) < 4.78 is 2.09. The van der Waals surface area contributed by atoms with Crippen LogP contribution in [0, 0.1) is 0 Å². The molecule has 0 bridgehead atoms. The molecule has 3 nitrogen and oxygen atoms in total. The number of nitrogens with zero attached hydrogens (tertiary/aromatic N) is 2. The van der Waals surface area contributed by atoms with Crippen molar-refractivity contribution in [2.45, 2.75) is 65.5 Å². The first-order valence-corrected chi connectivity index (χ1v) is 6.52. The van der Waals surface area contributed by atoms with Gasteiger partial charge in [0.1, 0.15) is 0 Å². The van der Waals surface area contributed by atoms with E-state index in [0.717, 1.165) is 25.8 Å². The van der Waals surface area contributed by atoms with E-state index >= 15 is 0 Å². The summed E-state index contributed by atoms with van der Waals surface area (Å²) in [7, 11) is 0. The third-order valence-corrected chi connectivity index (χ3v) is 2.98. The highest BCUT2D eigenvalue weighted by Gasteiger charge is 2.09. The fourth-order valence-electron chi connectivity index (χ4n) is 1.96. The monoisotopic (exact) mass is 223 g/mol. The molecule has 16 heavy (non-hydrogen) atoms. The summed E-state index contributed by atoms with van der Waals surface area (Å²) >= 11 is 0. The van der Waals surface area contributed by atoms with Crippen molar-refractivity contribution in [3.05, 3.63) is 17.5 Å². The van der Waals surface area contributed by atoms with E-state index in [9.17, 15) is 0 Å². The standard InChI is InChI=1S/C13H25N3/c1-4-7-8-11(14)9-13-10-12(5-2)15-16(13)6-3/h10-11H,4-9,14H2,1-3H3. The van der Waals surface area contributed by atoms with E-state index in [1.807, 2.05) is 0 Å². The Kier molecular flexibility index (Phi) is 5.53. The van der Waals surface area contributed by atoms with Crippen LogP contribution in [0.1, 0.15) is 51.4 Å². The fourth-order valence-corrected chi connectivity index (χ4v) is 1.96. The topological polar surface area (TPSA) is 43.8 Å². The lowest BCUT2D eigenvalue weighted by atomic mass is 10.1. The Morgan fingerprint density at radius 3 is 2.69 bits per heavy atom. The molecule has 92 valence electrons. The Balaban J connectivity index is 2.60. The highest BCUT2D eigenvalue weighted by Crippen LogP contribution is 2.10. The molecule has 0 aliphatic rings. The highest BCUT2D eigenvalue weighted by molar-refractivity contribution is 5.11. The van der Waals surface area contributed by atoms with Crippen LogP contribution in [0.5, 0.6) is 0 Å². The van der Waals surface area contributed by atoms with Gasteiger partial charge in [0.2, 0.25) is 0 Å². The smallest absolute Gasteiger partial charge is 0.0624 e. The summed E-state index contributed by atoms with van der Waals surface area (Å²) in [5.74, 6) is 0. The normalized spacial score (nSPS) is 13.0. The van der Waals surface area contributed by atoms with Gasteiger partial charge in [0.25, 0.3) is 0 Å². The van der Waals surface area contributed by atoms with Crippen LogP contribution in [0.4, 0.5) is 0 Å². The molecule has 2 N–H and O–H groups in total. The number of rotatable bonds is 7. The van der Waals surface area contributed by atoms with Crippen molar-refractivity contribution in [3.63, 3.8) is 0 Å². The molecule has 1 heterocycles. The van der Waals surface area contributed by atoms with Crippen LogP contribution in [-0.2, 0) is 19.4 Å². The third-order valence-electron chi connectivity index (χ3n) is 2.98. The average molecular weight is 223 g/mol. The fraction of sp³-hybridized carbons (Fsp3) is 0.769. The maximum Gasteiger partial charge on any atom is 0.0624 e. The minimum atomic E-state index is 0.284. The van der Waals surface area contributed by atoms with Crippen LogP contribution < -0.4 is 5.73 Å². The van der Waals surface area contributed by atoms with Gasteiger partial charge in [-0.1, -0.05) is 26.7 Å². The van der Waals surface area contributed by atoms with E-state index in [1.54, 1.807) is 0 Å². The molecule has 0 radical (unpaired) electrons. The molecule has 0 aliphatic carbocycles. The van der Waals surface area contributed by atoms with Crippen LogP contribution in [0.15, 0.2) is 6.07 Å². The predicted octanol–water partition coefficient (Wildman–Crippen LogP) is 2.53. The molecule has 3 heteroatoms. The second kappa shape index (κ2) is 6.69. The van der Waals surface area contributed by atoms with Gasteiger partial charge >= 0.3 is 0 Å². The van der Waals surface area contributed by atoms with E-state index < -0.39 is 0 Å². The van der Waals surface area contributed by atoms with Gasteiger partial charge in [0.15, 0.2) is 0 Å². The molecule has 0 spiro atoms. The first-order chi connectivity index (χ1) is 7.71. The second-order valence-electron chi connectivity index (χ2n) is 4.40. The van der Waals surface area contributed by atoms with Crippen LogP contribution in [0.25, 0.3) is 0 Å². The van der Waals surface area contributed by atoms with E-state index in [4.69, 9.17) is 5.73 Å². The van der Waals surface area contributed by atoms with Gasteiger partial charge in [-0.05, 0) is 25.8 Å². The number of nitrogens with two attached hydrogens (primary N) is 1. The van der Waals surface area contributed by atoms with Gasteiger partial charge in [0, 0.05) is 24.7 Å². The number of hydrogen-bond donors (Lipinski definition) is 1. The van der Waals surface area contributed by atoms with Crippen molar-refractivity contribution in [1.82, 2.24) is 9.78 Å². The van der Waals surface area contributed by atoms with E-state index in [-0.39, 0.29) is 6.04 Å². The number of aryl methyl sites for hydroxylation is 2. The molecule has 0 aliphatic heterocycles. The van der Waals surface area contributed by atoms with Crippen LogP contribution in [-0.4, -0.2) is 15.8 Å². The van der Waals surface area contributed by atoms with Crippen molar-refractivity contribution in [3.8, 4) is 0 Å². The van der Waals surface area contributed by atoms with E-state index in [0.29, 0.717) is 0 Å². The third kappa shape index (κ3) is 3.63. The van der Waals surface area contributed by atoms with Crippen molar-refractivity contribution in [1.29, 1.82) is 0 Å². The van der Waals surface area contributed by atoms with Gasteiger partial charge in [0.05, 0.1) is 5.69 Å². The molecule has 0 fully saturated rings. The van der Waals surface area contributed by atoms with E-state index in [1.165, 1.54) is 24.2 Å². The molecule has 1 rings (SSSR count). The molecule has 1 aromatic rings. The molecule has 1 atom stereocenters. The lowest BCUT2D eigenvalue weighted by molar-refractivity contribution is 0.536. The summed E-state index contributed by atoms with van der Waals surface area (Å²) in [4.78, 5) is 0. The zero-order chi connectivity index (χ0) is 12.0. The summed E-state index contributed by atoms with van der Waals surface area (Å²) in [5.41, 5.74) is 8.60. The molecule has 0 saturated carbocycles. The minimum absolute atomic E-state index is 0.284. The largest absolute Gasteiger partial charge is 0.327 e. The highest BCUT2D eigenvalue weighted by atomic mass is 15.3. The SMILES string of the molecule is CCCCC(N)Cc1cc(CC)nn1CC.